The van der Waals surface area contributed by atoms with E-state index in [9.17, 15) is 4.79 Å². The fourth-order valence-corrected chi connectivity index (χ4v) is 2.92. The Balaban J connectivity index is 2.11. The van der Waals surface area contributed by atoms with Gasteiger partial charge in [-0.15, -0.1) is 11.3 Å². The highest BCUT2D eigenvalue weighted by atomic mass is 32.1. The minimum absolute atomic E-state index is 0.0188. The first-order valence-electron chi connectivity index (χ1n) is 6.44. The van der Waals surface area contributed by atoms with Gasteiger partial charge in [0.1, 0.15) is 0 Å². The topological polar surface area (TPSA) is 53.4 Å². The van der Waals surface area contributed by atoms with Crippen LogP contribution < -0.4 is 0 Å². The van der Waals surface area contributed by atoms with E-state index in [1.807, 2.05) is 23.1 Å². The Morgan fingerprint density at radius 1 is 1.35 bits per heavy atom. The fraction of sp³-hybridized carbons (Fsp3) is 0.333. The molecule has 0 bridgehead atoms. The molecule has 0 aromatic carbocycles. The Morgan fingerprint density at radius 2 is 2.15 bits per heavy atom. The maximum Gasteiger partial charge on any atom is 0.317 e. The average Bonchev–Trinajstić information content (AvgIpc) is 2.71. The quantitative estimate of drug-likeness (QED) is 0.889. The van der Waals surface area contributed by atoms with Gasteiger partial charge in [-0.2, -0.15) is 0 Å². The van der Waals surface area contributed by atoms with E-state index in [4.69, 9.17) is 5.11 Å². The zero-order chi connectivity index (χ0) is 14.5. The number of thiophene rings is 1. The van der Waals surface area contributed by atoms with Gasteiger partial charge in [0.05, 0.1) is 12.2 Å². The molecule has 4 nitrogen and oxygen atoms in total. The predicted octanol–water partition coefficient (Wildman–Crippen LogP) is 2.85. The van der Waals surface area contributed by atoms with Crippen molar-refractivity contribution in [1.82, 2.24) is 9.88 Å². The summed E-state index contributed by atoms with van der Waals surface area (Å²) in [5.74, 6) is -0.814. The Hall–Kier alpha value is -1.72. The van der Waals surface area contributed by atoms with Gasteiger partial charge in [-0.1, -0.05) is 6.07 Å². The summed E-state index contributed by atoms with van der Waals surface area (Å²) in [5.41, 5.74) is 3.34. The second-order valence-electron chi connectivity index (χ2n) is 4.80. The summed E-state index contributed by atoms with van der Waals surface area (Å²) < 4.78 is 0. The average molecular weight is 290 g/mol. The molecule has 0 saturated heterocycles. The van der Waals surface area contributed by atoms with Crippen molar-refractivity contribution in [2.45, 2.75) is 26.9 Å². The predicted molar refractivity (Wildman–Crippen MR) is 79.8 cm³/mol. The summed E-state index contributed by atoms with van der Waals surface area (Å²) in [5, 5.41) is 11.2. The van der Waals surface area contributed by atoms with Crippen LogP contribution in [-0.2, 0) is 17.9 Å². The number of rotatable bonds is 6. The summed E-state index contributed by atoms with van der Waals surface area (Å²) in [6.45, 7) is 5.37. The Kier molecular flexibility index (Phi) is 4.87. The number of nitrogens with zero attached hydrogens (tertiary/aromatic N) is 2. The number of pyridine rings is 1. The van der Waals surface area contributed by atoms with Crippen molar-refractivity contribution in [3.05, 3.63) is 51.5 Å². The molecule has 0 atom stereocenters. The molecule has 2 aromatic heterocycles. The lowest BCUT2D eigenvalue weighted by molar-refractivity contribution is -0.138. The van der Waals surface area contributed by atoms with Crippen LogP contribution in [0.25, 0.3) is 0 Å². The number of aliphatic carboxylic acids is 1. The first kappa shape index (κ1) is 14.7. The zero-order valence-electron chi connectivity index (χ0n) is 11.7. The van der Waals surface area contributed by atoms with E-state index in [1.165, 1.54) is 16.0 Å². The monoisotopic (exact) mass is 290 g/mol. The molecule has 2 rings (SSSR count). The molecule has 0 aliphatic carbocycles. The van der Waals surface area contributed by atoms with Crippen molar-refractivity contribution in [1.29, 1.82) is 0 Å². The third-order valence-electron chi connectivity index (χ3n) is 3.25. The molecule has 20 heavy (non-hydrogen) atoms. The van der Waals surface area contributed by atoms with Gasteiger partial charge in [0.2, 0.25) is 0 Å². The normalized spacial score (nSPS) is 10.9. The standard InChI is InChI=1S/C15H18N2O2S/c1-11-12(2)20-10-13(11)7-17(9-15(18)19)8-14-5-3-4-6-16-14/h3-6,10H,7-9H2,1-2H3,(H,18,19). The Morgan fingerprint density at radius 3 is 2.70 bits per heavy atom. The first-order chi connectivity index (χ1) is 9.56. The number of aryl methyl sites for hydroxylation is 1. The molecule has 0 fully saturated rings. The van der Waals surface area contributed by atoms with E-state index < -0.39 is 5.97 Å². The van der Waals surface area contributed by atoms with Crippen molar-refractivity contribution in [2.75, 3.05) is 6.54 Å². The third kappa shape index (κ3) is 3.88. The lowest BCUT2D eigenvalue weighted by Gasteiger charge is -2.19. The van der Waals surface area contributed by atoms with E-state index in [0.29, 0.717) is 13.1 Å². The second-order valence-corrected chi connectivity index (χ2v) is 5.89. The van der Waals surface area contributed by atoms with Gasteiger partial charge < -0.3 is 5.11 Å². The number of hydrogen-bond acceptors (Lipinski definition) is 4. The molecular formula is C15H18N2O2S. The Labute approximate surface area is 122 Å². The van der Waals surface area contributed by atoms with Gasteiger partial charge in [-0.05, 0) is 42.5 Å². The maximum atomic E-state index is 11.0. The van der Waals surface area contributed by atoms with Gasteiger partial charge in [-0.3, -0.25) is 14.7 Å². The van der Waals surface area contributed by atoms with Crippen LogP contribution in [0.3, 0.4) is 0 Å². The molecule has 0 spiro atoms. The molecule has 0 saturated carbocycles. The molecule has 0 amide bonds. The summed E-state index contributed by atoms with van der Waals surface area (Å²) in [6.07, 6.45) is 1.73. The summed E-state index contributed by atoms with van der Waals surface area (Å²) in [4.78, 5) is 18.5. The highest BCUT2D eigenvalue weighted by Crippen LogP contribution is 2.22. The number of carboxylic acids is 1. The van der Waals surface area contributed by atoms with Crippen molar-refractivity contribution in [3.8, 4) is 0 Å². The van der Waals surface area contributed by atoms with E-state index in [2.05, 4.69) is 24.2 Å². The summed E-state index contributed by atoms with van der Waals surface area (Å²) in [7, 11) is 0. The minimum Gasteiger partial charge on any atom is -0.480 e. The van der Waals surface area contributed by atoms with Crippen LogP contribution in [0.1, 0.15) is 21.7 Å². The molecule has 106 valence electrons. The molecule has 5 heteroatoms. The molecule has 0 aliphatic heterocycles. The molecule has 2 aromatic rings. The van der Waals surface area contributed by atoms with E-state index in [1.54, 1.807) is 17.5 Å². The van der Waals surface area contributed by atoms with Crippen LogP contribution in [0, 0.1) is 13.8 Å². The van der Waals surface area contributed by atoms with Crippen LogP contribution >= 0.6 is 11.3 Å². The highest BCUT2D eigenvalue weighted by molar-refractivity contribution is 7.10. The lowest BCUT2D eigenvalue weighted by Crippen LogP contribution is -2.29. The van der Waals surface area contributed by atoms with Crippen molar-refractivity contribution < 1.29 is 9.90 Å². The largest absolute Gasteiger partial charge is 0.480 e. The van der Waals surface area contributed by atoms with Gasteiger partial charge in [0.15, 0.2) is 0 Å². The number of carbonyl (C=O) groups is 1. The SMILES string of the molecule is Cc1scc(CN(CC(=O)O)Cc2ccccn2)c1C. The third-order valence-corrected chi connectivity index (χ3v) is 4.31. The molecule has 0 radical (unpaired) electrons. The van der Waals surface area contributed by atoms with Gasteiger partial charge in [-0.25, -0.2) is 0 Å². The van der Waals surface area contributed by atoms with Crippen LogP contribution in [0.2, 0.25) is 0 Å². The molecule has 2 heterocycles. The van der Waals surface area contributed by atoms with E-state index in [0.717, 1.165) is 5.69 Å². The molecule has 0 aliphatic rings. The van der Waals surface area contributed by atoms with E-state index >= 15 is 0 Å². The molecular weight excluding hydrogens is 272 g/mol. The Bertz CT molecular complexity index is 581. The highest BCUT2D eigenvalue weighted by Gasteiger charge is 2.14. The summed E-state index contributed by atoms with van der Waals surface area (Å²) in [6, 6.07) is 5.69. The van der Waals surface area contributed by atoms with Crippen molar-refractivity contribution >= 4 is 17.3 Å². The number of carboxylic acid groups (broad SMARTS) is 1. The van der Waals surface area contributed by atoms with Gasteiger partial charge >= 0.3 is 5.97 Å². The van der Waals surface area contributed by atoms with Crippen LogP contribution in [0.5, 0.6) is 0 Å². The van der Waals surface area contributed by atoms with Crippen molar-refractivity contribution in [3.63, 3.8) is 0 Å². The van der Waals surface area contributed by atoms with E-state index in [-0.39, 0.29) is 6.54 Å². The smallest absolute Gasteiger partial charge is 0.317 e. The number of aromatic nitrogens is 1. The molecule has 1 N–H and O–H groups in total. The van der Waals surface area contributed by atoms with Gasteiger partial charge in [0, 0.05) is 24.2 Å². The first-order valence-corrected chi connectivity index (χ1v) is 7.32. The van der Waals surface area contributed by atoms with Gasteiger partial charge in [0.25, 0.3) is 0 Å². The lowest BCUT2D eigenvalue weighted by atomic mass is 10.1. The van der Waals surface area contributed by atoms with Crippen LogP contribution in [-0.4, -0.2) is 27.5 Å². The minimum atomic E-state index is -0.814. The van der Waals surface area contributed by atoms with Crippen LogP contribution in [0.15, 0.2) is 29.8 Å². The zero-order valence-corrected chi connectivity index (χ0v) is 12.5. The van der Waals surface area contributed by atoms with Crippen LogP contribution in [0.4, 0.5) is 0 Å². The molecule has 0 unspecified atom stereocenters. The fourth-order valence-electron chi connectivity index (χ4n) is 2.04. The number of hydrogen-bond donors (Lipinski definition) is 1. The second kappa shape index (κ2) is 6.63. The van der Waals surface area contributed by atoms with Crippen molar-refractivity contribution in [2.24, 2.45) is 0 Å². The maximum absolute atomic E-state index is 11.0. The summed E-state index contributed by atoms with van der Waals surface area (Å²) >= 11 is 1.71.